The SMILES string of the molecule is NNc1ncc([N+](=O)[O-])c(Oc2cccc([N+](=O)[O-])c2)n1. The second-order valence-corrected chi connectivity index (χ2v) is 3.64. The minimum atomic E-state index is -0.743. The summed E-state index contributed by atoms with van der Waals surface area (Å²) in [6, 6.07) is 5.15. The van der Waals surface area contributed by atoms with E-state index in [-0.39, 0.29) is 23.3 Å². The Kier molecular flexibility index (Phi) is 3.85. The molecule has 11 heteroatoms. The quantitative estimate of drug-likeness (QED) is 0.471. The summed E-state index contributed by atoms with van der Waals surface area (Å²) in [5.74, 6) is 4.65. The lowest BCUT2D eigenvalue weighted by atomic mass is 10.3. The molecule has 0 radical (unpaired) electrons. The molecule has 2 aromatic rings. The molecule has 2 rings (SSSR count). The highest BCUT2D eigenvalue weighted by Crippen LogP contribution is 2.30. The van der Waals surface area contributed by atoms with Gasteiger partial charge in [-0.15, -0.1) is 0 Å². The molecule has 1 heterocycles. The summed E-state index contributed by atoms with van der Waals surface area (Å²) in [5.41, 5.74) is 1.40. The van der Waals surface area contributed by atoms with Gasteiger partial charge >= 0.3 is 11.6 Å². The first-order chi connectivity index (χ1) is 10.0. The van der Waals surface area contributed by atoms with Crippen molar-refractivity contribution in [2.75, 3.05) is 5.43 Å². The van der Waals surface area contributed by atoms with E-state index in [2.05, 4.69) is 15.4 Å². The minimum absolute atomic E-state index is 0.0222. The van der Waals surface area contributed by atoms with Crippen LogP contribution in [0.1, 0.15) is 0 Å². The van der Waals surface area contributed by atoms with Gasteiger partial charge in [0, 0.05) is 6.07 Å². The zero-order chi connectivity index (χ0) is 15.4. The Labute approximate surface area is 116 Å². The molecule has 0 saturated heterocycles. The largest absolute Gasteiger partial charge is 0.433 e. The number of hydrogen-bond acceptors (Lipinski definition) is 9. The third-order valence-corrected chi connectivity index (χ3v) is 2.30. The molecular weight excluding hydrogens is 284 g/mol. The normalized spacial score (nSPS) is 9.95. The summed E-state index contributed by atoms with van der Waals surface area (Å²) in [4.78, 5) is 27.5. The molecule has 1 aromatic carbocycles. The smallest absolute Gasteiger partial charge is 0.349 e. The monoisotopic (exact) mass is 292 g/mol. The summed E-state index contributed by atoms with van der Waals surface area (Å²) in [6.45, 7) is 0. The Morgan fingerprint density at radius 2 is 2.00 bits per heavy atom. The Balaban J connectivity index is 2.40. The number of hydrazine groups is 1. The summed E-state index contributed by atoms with van der Waals surface area (Å²) in [6.07, 6.45) is 0.912. The minimum Gasteiger partial charge on any atom is -0.433 e. The Bertz CT molecular complexity index is 706. The topological polar surface area (TPSA) is 159 Å². The van der Waals surface area contributed by atoms with Gasteiger partial charge in [-0.3, -0.25) is 25.7 Å². The van der Waals surface area contributed by atoms with Crippen LogP contribution in [0.25, 0.3) is 0 Å². The van der Waals surface area contributed by atoms with Crippen LogP contribution in [0.5, 0.6) is 11.6 Å². The number of nitrogens with two attached hydrogens (primary N) is 1. The van der Waals surface area contributed by atoms with Crippen molar-refractivity contribution >= 4 is 17.3 Å². The number of anilines is 1. The van der Waals surface area contributed by atoms with Crippen LogP contribution in [0.15, 0.2) is 30.5 Å². The molecule has 3 N–H and O–H groups in total. The highest BCUT2D eigenvalue weighted by atomic mass is 16.6. The molecule has 1 aromatic heterocycles. The van der Waals surface area contributed by atoms with Crippen LogP contribution in [0.4, 0.5) is 17.3 Å². The van der Waals surface area contributed by atoms with Crippen LogP contribution in [-0.4, -0.2) is 19.8 Å². The van der Waals surface area contributed by atoms with E-state index >= 15 is 0 Å². The van der Waals surface area contributed by atoms with E-state index in [1.165, 1.54) is 18.2 Å². The van der Waals surface area contributed by atoms with Gasteiger partial charge in [0.05, 0.1) is 15.9 Å². The lowest BCUT2D eigenvalue weighted by Crippen LogP contribution is -2.11. The first-order valence-electron chi connectivity index (χ1n) is 5.41. The molecule has 0 fully saturated rings. The maximum absolute atomic E-state index is 10.9. The number of nitrogens with zero attached hydrogens (tertiary/aromatic N) is 4. The highest BCUT2D eigenvalue weighted by molar-refractivity contribution is 5.46. The molecule has 0 saturated carbocycles. The third-order valence-electron chi connectivity index (χ3n) is 2.30. The van der Waals surface area contributed by atoms with Gasteiger partial charge in [-0.2, -0.15) is 4.98 Å². The van der Waals surface area contributed by atoms with Gasteiger partial charge in [0.2, 0.25) is 5.95 Å². The number of nitrogens with one attached hydrogen (secondary N) is 1. The predicted molar refractivity (Wildman–Crippen MR) is 69.7 cm³/mol. The molecule has 11 nitrogen and oxygen atoms in total. The van der Waals surface area contributed by atoms with Gasteiger partial charge in [0.15, 0.2) is 0 Å². The van der Waals surface area contributed by atoms with Crippen LogP contribution in [-0.2, 0) is 0 Å². The molecule has 21 heavy (non-hydrogen) atoms. The molecule has 0 aliphatic rings. The number of hydrogen-bond donors (Lipinski definition) is 2. The Morgan fingerprint density at radius 3 is 2.62 bits per heavy atom. The molecule has 0 amide bonds. The van der Waals surface area contributed by atoms with Gasteiger partial charge in [0.25, 0.3) is 5.69 Å². The van der Waals surface area contributed by atoms with Crippen molar-refractivity contribution in [3.05, 3.63) is 50.7 Å². The fourth-order valence-electron chi connectivity index (χ4n) is 1.40. The van der Waals surface area contributed by atoms with E-state index in [1.54, 1.807) is 0 Å². The van der Waals surface area contributed by atoms with E-state index in [0.29, 0.717) is 0 Å². The lowest BCUT2D eigenvalue weighted by molar-refractivity contribution is -0.386. The van der Waals surface area contributed by atoms with E-state index in [0.717, 1.165) is 12.3 Å². The molecule has 0 atom stereocenters. The lowest BCUT2D eigenvalue weighted by Gasteiger charge is -2.06. The fraction of sp³-hybridized carbons (Fsp3) is 0. The van der Waals surface area contributed by atoms with Crippen molar-refractivity contribution in [1.82, 2.24) is 9.97 Å². The Morgan fingerprint density at radius 1 is 1.24 bits per heavy atom. The van der Waals surface area contributed by atoms with Gasteiger partial charge in [-0.25, -0.2) is 10.8 Å². The third kappa shape index (κ3) is 3.16. The van der Waals surface area contributed by atoms with Crippen LogP contribution < -0.4 is 16.0 Å². The fourth-order valence-corrected chi connectivity index (χ4v) is 1.40. The summed E-state index contributed by atoms with van der Waals surface area (Å²) >= 11 is 0. The van der Waals surface area contributed by atoms with Crippen LogP contribution in [0, 0.1) is 20.2 Å². The number of nitrogen functional groups attached to an aromatic ring is 1. The second kappa shape index (κ2) is 5.75. The van der Waals surface area contributed by atoms with E-state index < -0.39 is 15.5 Å². The van der Waals surface area contributed by atoms with Gasteiger partial charge in [-0.05, 0) is 6.07 Å². The molecule has 0 aliphatic carbocycles. The molecule has 108 valence electrons. The standard InChI is InChI=1S/C10H8N6O5/c11-14-10-12-5-8(16(19)20)9(13-10)21-7-3-1-2-6(4-7)15(17)18/h1-5H,11H2,(H,12,13,14). The van der Waals surface area contributed by atoms with Crippen molar-refractivity contribution in [2.24, 2.45) is 5.84 Å². The van der Waals surface area contributed by atoms with E-state index in [9.17, 15) is 20.2 Å². The van der Waals surface area contributed by atoms with E-state index in [4.69, 9.17) is 10.6 Å². The number of benzene rings is 1. The zero-order valence-corrected chi connectivity index (χ0v) is 10.3. The highest BCUT2D eigenvalue weighted by Gasteiger charge is 2.20. The maximum Gasteiger partial charge on any atom is 0.349 e. The van der Waals surface area contributed by atoms with Gasteiger partial charge < -0.3 is 4.74 Å². The van der Waals surface area contributed by atoms with Crippen LogP contribution >= 0.6 is 0 Å². The number of rotatable bonds is 5. The van der Waals surface area contributed by atoms with Crippen LogP contribution in [0.2, 0.25) is 0 Å². The molecular formula is C10H8N6O5. The summed E-state index contributed by atoms with van der Waals surface area (Å²) in [5, 5.41) is 21.5. The first kappa shape index (κ1) is 14.1. The molecule has 0 spiro atoms. The molecule has 0 bridgehead atoms. The van der Waals surface area contributed by atoms with Crippen molar-refractivity contribution in [1.29, 1.82) is 0 Å². The van der Waals surface area contributed by atoms with Gasteiger partial charge in [-0.1, -0.05) is 6.07 Å². The van der Waals surface area contributed by atoms with Crippen LogP contribution in [0.3, 0.4) is 0 Å². The van der Waals surface area contributed by atoms with Gasteiger partial charge in [0.1, 0.15) is 11.9 Å². The average Bonchev–Trinajstić information content (AvgIpc) is 2.47. The summed E-state index contributed by atoms with van der Waals surface area (Å²) < 4.78 is 5.21. The number of nitro groups is 2. The first-order valence-corrected chi connectivity index (χ1v) is 5.41. The Hall–Kier alpha value is -3.34. The second-order valence-electron chi connectivity index (χ2n) is 3.64. The van der Waals surface area contributed by atoms with Crippen molar-refractivity contribution in [2.45, 2.75) is 0 Å². The zero-order valence-electron chi connectivity index (χ0n) is 10.3. The van der Waals surface area contributed by atoms with Crippen molar-refractivity contribution in [3.8, 4) is 11.6 Å². The van der Waals surface area contributed by atoms with Crippen molar-refractivity contribution < 1.29 is 14.6 Å². The molecule has 0 aliphatic heterocycles. The maximum atomic E-state index is 10.9. The van der Waals surface area contributed by atoms with E-state index in [1.807, 2.05) is 0 Å². The number of ether oxygens (including phenoxy) is 1. The average molecular weight is 292 g/mol. The predicted octanol–water partition coefficient (Wildman–Crippen LogP) is 1.37. The van der Waals surface area contributed by atoms with Crippen molar-refractivity contribution in [3.63, 3.8) is 0 Å². The molecule has 0 unspecified atom stereocenters. The summed E-state index contributed by atoms with van der Waals surface area (Å²) in [7, 11) is 0. The number of non-ortho nitro benzene ring substituents is 1. The number of nitro benzene ring substituents is 1. The number of aromatic nitrogens is 2.